The van der Waals surface area contributed by atoms with Crippen LogP contribution in [0.2, 0.25) is 0 Å². The monoisotopic (exact) mass is 406 g/mol. The van der Waals surface area contributed by atoms with Crippen molar-refractivity contribution in [3.63, 3.8) is 0 Å². The highest BCUT2D eigenvalue weighted by Crippen LogP contribution is 2.29. The van der Waals surface area contributed by atoms with Crippen LogP contribution in [0.25, 0.3) is 0 Å². The van der Waals surface area contributed by atoms with Crippen LogP contribution >= 0.6 is 11.8 Å². The predicted octanol–water partition coefficient (Wildman–Crippen LogP) is 5.20. The average molecular weight is 407 g/mol. The van der Waals surface area contributed by atoms with Gasteiger partial charge in [-0.3, -0.25) is 9.59 Å². The molecule has 3 rings (SSSR count). The first-order valence-electron chi connectivity index (χ1n) is 9.09. The first-order valence-corrected chi connectivity index (χ1v) is 10.1. The van der Waals surface area contributed by atoms with E-state index in [4.69, 9.17) is 4.74 Å². The van der Waals surface area contributed by atoms with E-state index in [1.807, 2.05) is 30.3 Å². The summed E-state index contributed by atoms with van der Waals surface area (Å²) in [6.07, 6.45) is 0. The van der Waals surface area contributed by atoms with Gasteiger partial charge in [-0.05, 0) is 48.5 Å². The van der Waals surface area contributed by atoms with Crippen LogP contribution in [0.1, 0.15) is 22.8 Å². The summed E-state index contributed by atoms with van der Waals surface area (Å²) in [5, 5.41) is 5.58. The molecule has 0 radical (unpaired) electrons. The van der Waals surface area contributed by atoms with Crippen molar-refractivity contribution in [3.05, 3.63) is 83.9 Å². The number of methoxy groups -OCH3 is 1. The number of anilines is 2. The molecular formula is C23H22N2O3S. The number of hydrogen-bond acceptors (Lipinski definition) is 4. The molecule has 0 saturated heterocycles. The van der Waals surface area contributed by atoms with E-state index in [1.165, 1.54) is 6.92 Å². The summed E-state index contributed by atoms with van der Waals surface area (Å²) >= 11 is 1.68. The lowest BCUT2D eigenvalue weighted by Crippen LogP contribution is -2.13. The lowest BCUT2D eigenvalue weighted by molar-refractivity contribution is -0.114. The number of ether oxygens (including phenoxy) is 1. The maximum atomic E-state index is 12.7. The Balaban J connectivity index is 1.74. The Morgan fingerprint density at radius 3 is 2.31 bits per heavy atom. The molecule has 2 amide bonds. The zero-order chi connectivity index (χ0) is 20.6. The van der Waals surface area contributed by atoms with Crippen LogP contribution in [-0.2, 0) is 10.5 Å². The minimum absolute atomic E-state index is 0.163. The molecule has 6 heteroatoms. The third-order valence-electron chi connectivity index (χ3n) is 4.12. The van der Waals surface area contributed by atoms with Crippen molar-refractivity contribution >= 4 is 35.0 Å². The highest BCUT2D eigenvalue weighted by atomic mass is 32.2. The molecule has 29 heavy (non-hydrogen) atoms. The number of benzene rings is 3. The molecule has 3 aromatic carbocycles. The van der Waals surface area contributed by atoms with Crippen molar-refractivity contribution in [2.75, 3.05) is 17.7 Å². The first-order chi connectivity index (χ1) is 14.0. The second-order valence-electron chi connectivity index (χ2n) is 6.34. The molecule has 5 nitrogen and oxygen atoms in total. The Morgan fingerprint density at radius 2 is 1.62 bits per heavy atom. The third kappa shape index (κ3) is 5.86. The number of carbonyl (C=O) groups excluding carboxylic acids is 2. The van der Waals surface area contributed by atoms with E-state index >= 15 is 0 Å². The first kappa shape index (κ1) is 20.5. The molecule has 0 aliphatic heterocycles. The van der Waals surface area contributed by atoms with Crippen LogP contribution in [0.15, 0.2) is 77.7 Å². The summed E-state index contributed by atoms with van der Waals surface area (Å²) in [7, 11) is 1.62. The normalized spacial score (nSPS) is 10.3. The molecule has 0 saturated carbocycles. The van der Waals surface area contributed by atoms with Crippen molar-refractivity contribution in [3.8, 4) is 5.75 Å². The van der Waals surface area contributed by atoms with Crippen LogP contribution in [0.4, 0.5) is 11.4 Å². The summed E-state index contributed by atoms with van der Waals surface area (Å²) < 4.78 is 5.45. The molecule has 2 N–H and O–H groups in total. The fourth-order valence-corrected chi connectivity index (χ4v) is 3.69. The lowest BCUT2D eigenvalue weighted by Gasteiger charge is -2.12. The number of hydrogen-bond donors (Lipinski definition) is 2. The molecule has 0 fully saturated rings. The van der Waals surface area contributed by atoms with Gasteiger partial charge in [0.15, 0.2) is 0 Å². The Bertz CT molecular complexity index is 1010. The molecule has 0 spiro atoms. The summed E-state index contributed by atoms with van der Waals surface area (Å²) in [6, 6.07) is 22.5. The minimum atomic E-state index is -0.224. The third-order valence-corrected chi connectivity index (χ3v) is 5.18. The van der Waals surface area contributed by atoms with Crippen LogP contribution in [0.5, 0.6) is 5.75 Å². The van der Waals surface area contributed by atoms with Gasteiger partial charge in [0.05, 0.1) is 7.11 Å². The van der Waals surface area contributed by atoms with Crippen molar-refractivity contribution < 1.29 is 14.3 Å². The zero-order valence-corrected chi connectivity index (χ0v) is 17.1. The summed E-state index contributed by atoms with van der Waals surface area (Å²) in [5.74, 6) is 1.05. The maximum Gasteiger partial charge on any atom is 0.255 e. The van der Waals surface area contributed by atoms with E-state index in [9.17, 15) is 9.59 Å². The van der Waals surface area contributed by atoms with E-state index < -0.39 is 0 Å². The van der Waals surface area contributed by atoms with Gasteiger partial charge in [-0.25, -0.2) is 0 Å². The van der Waals surface area contributed by atoms with Gasteiger partial charge >= 0.3 is 0 Å². The van der Waals surface area contributed by atoms with E-state index in [0.717, 1.165) is 16.2 Å². The molecule has 3 aromatic rings. The van der Waals surface area contributed by atoms with E-state index in [0.29, 0.717) is 22.7 Å². The van der Waals surface area contributed by atoms with Crippen LogP contribution < -0.4 is 15.4 Å². The average Bonchev–Trinajstić information content (AvgIpc) is 2.72. The smallest absolute Gasteiger partial charge is 0.255 e. The molecule has 0 atom stereocenters. The van der Waals surface area contributed by atoms with Crippen LogP contribution in [0.3, 0.4) is 0 Å². The van der Waals surface area contributed by atoms with Crippen LogP contribution in [-0.4, -0.2) is 18.9 Å². The Kier molecular flexibility index (Phi) is 6.92. The van der Waals surface area contributed by atoms with Gasteiger partial charge in [-0.15, -0.1) is 11.8 Å². The number of thioether (sulfide) groups is 1. The summed E-state index contributed by atoms with van der Waals surface area (Å²) in [5.41, 5.74) is 2.72. The van der Waals surface area contributed by atoms with E-state index in [2.05, 4.69) is 22.8 Å². The standard InChI is InChI=1S/C23H22N2O3S/c1-16(26)24-19-7-6-8-20(14-19)25-23(27)17-11-12-22(28-2)18(13-17)15-29-21-9-4-3-5-10-21/h3-14H,15H2,1-2H3,(H,24,26)(H,25,27). The largest absolute Gasteiger partial charge is 0.496 e. The molecule has 148 valence electrons. The van der Waals surface area contributed by atoms with Crippen molar-refractivity contribution in [1.82, 2.24) is 0 Å². The van der Waals surface area contributed by atoms with Gasteiger partial charge < -0.3 is 15.4 Å². The van der Waals surface area contributed by atoms with Crippen molar-refractivity contribution in [2.24, 2.45) is 0 Å². The fraction of sp³-hybridized carbons (Fsp3) is 0.130. The Morgan fingerprint density at radius 1 is 0.897 bits per heavy atom. The molecular weight excluding hydrogens is 384 g/mol. The SMILES string of the molecule is COc1ccc(C(=O)Nc2cccc(NC(C)=O)c2)cc1CSc1ccccc1. The van der Waals surface area contributed by atoms with E-state index in [1.54, 1.807) is 49.2 Å². The van der Waals surface area contributed by atoms with Gasteiger partial charge in [-0.2, -0.15) is 0 Å². The zero-order valence-electron chi connectivity index (χ0n) is 16.3. The van der Waals surface area contributed by atoms with E-state index in [-0.39, 0.29) is 11.8 Å². The number of amides is 2. The van der Waals surface area contributed by atoms with Gasteiger partial charge in [0.2, 0.25) is 5.91 Å². The van der Waals surface area contributed by atoms with Crippen LogP contribution in [0, 0.1) is 0 Å². The second-order valence-corrected chi connectivity index (χ2v) is 7.39. The highest BCUT2D eigenvalue weighted by Gasteiger charge is 2.12. The topological polar surface area (TPSA) is 67.4 Å². The maximum absolute atomic E-state index is 12.7. The molecule has 0 aliphatic carbocycles. The lowest BCUT2D eigenvalue weighted by atomic mass is 10.1. The molecule has 0 bridgehead atoms. The van der Waals surface area contributed by atoms with Gasteiger partial charge in [0.1, 0.15) is 5.75 Å². The molecule has 0 aliphatic rings. The number of carbonyl (C=O) groups is 2. The second kappa shape index (κ2) is 9.80. The summed E-state index contributed by atoms with van der Waals surface area (Å²) in [6.45, 7) is 1.44. The Hall–Kier alpha value is -3.25. The molecule has 0 heterocycles. The highest BCUT2D eigenvalue weighted by molar-refractivity contribution is 7.98. The minimum Gasteiger partial charge on any atom is -0.496 e. The predicted molar refractivity (Wildman–Crippen MR) is 118 cm³/mol. The summed E-state index contributed by atoms with van der Waals surface area (Å²) in [4.78, 5) is 25.1. The quantitative estimate of drug-likeness (QED) is 0.529. The number of nitrogens with one attached hydrogen (secondary N) is 2. The molecule has 0 aromatic heterocycles. The van der Waals surface area contributed by atoms with Crippen molar-refractivity contribution in [1.29, 1.82) is 0 Å². The number of rotatable bonds is 7. The van der Waals surface area contributed by atoms with Crippen molar-refractivity contribution in [2.45, 2.75) is 17.6 Å². The van der Waals surface area contributed by atoms with Gasteiger partial charge in [0.25, 0.3) is 5.91 Å². The fourth-order valence-electron chi connectivity index (χ4n) is 2.79. The van der Waals surface area contributed by atoms with Gasteiger partial charge in [-0.1, -0.05) is 24.3 Å². The molecule has 0 unspecified atom stereocenters. The van der Waals surface area contributed by atoms with Gasteiger partial charge in [0, 0.05) is 40.1 Å². The Labute approximate surface area is 174 Å².